The lowest BCUT2D eigenvalue weighted by Gasteiger charge is -2.10. The molecule has 1 rings (SSSR count). The summed E-state index contributed by atoms with van der Waals surface area (Å²) in [6.07, 6.45) is 0.441. The van der Waals surface area contributed by atoms with Crippen molar-refractivity contribution in [2.75, 3.05) is 13.7 Å². The smallest absolute Gasteiger partial charge is 0.122 e. The van der Waals surface area contributed by atoms with Crippen LogP contribution < -0.4 is 4.74 Å². The van der Waals surface area contributed by atoms with E-state index in [1.165, 1.54) is 0 Å². The van der Waals surface area contributed by atoms with Gasteiger partial charge in [-0.05, 0) is 30.2 Å². The highest BCUT2D eigenvalue weighted by molar-refractivity contribution is 6.30. The first-order valence-corrected chi connectivity index (χ1v) is 4.92. The molecule has 4 heteroatoms. The second-order valence-corrected chi connectivity index (χ2v) is 3.61. The topological polar surface area (TPSA) is 53.2 Å². The Morgan fingerprint density at radius 1 is 1.60 bits per heavy atom. The van der Waals surface area contributed by atoms with Gasteiger partial charge in [-0.25, -0.2) is 0 Å². The van der Waals surface area contributed by atoms with E-state index in [4.69, 9.17) is 26.7 Å². The number of aliphatic hydroxyl groups excluding tert-OH is 1. The van der Waals surface area contributed by atoms with Crippen LogP contribution in [0.5, 0.6) is 5.75 Å². The van der Waals surface area contributed by atoms with Crippen LogP contribution in [0.25, 0.3) is 0 Å². The van der Waals surface area contributed by atoms with Crippen LogP contribution in [0.15, 0.2) is 18.2 Å². The van der Waals surface area contributed by atoms with Crippen LogP contribution >= 0.6 is 11.6 Å². The molecule has 0 aliphatic rings. The predicted molar refractivity (Wildman–Crippen MR) is 57.9 cm³/mol. The molecule has 0 aliphatic carbocycles. The molecule has 1 atom stereocenters. The maximum atomic E-state index is 8.92. The minimum Gasteiger partial charge on any atom is -0.496 e. The zero-order valence-corrected chi connectivity index (χ0v) is 9.16. The molecule has 0 heterocycles. The first kappa shape index (κ1) is 11.8. The van der Waals surface area contributed by atoms with Gasteiger partial charge < -0.3 is 9.84 Å². The molecule has 1 aromatic carbocycles. The second-order valence-electron chi connectivity index (χ2n) is 3.17. The third kappa shape index (κ3) is 3.12. The van der Waals surface area contributed by atoms with E-state index in [0.29, 0.717) is 17.2 Å². The standard InChI is InChI=1S/C11H12ClNO2/c1-15-11-3-2-10(12)5-9(11)4-8(6-13)7-14/h2-3,5,8,14H,4,7H2,1H3. The van der Waals surface area contributed by atoms with E-state index >= 15 is 0 Å². The minimum atomic E-state index is -0.419. The number of nitrogens with zero attached hydrogens (tertiary/aromatic N) is 1. The van der Waals surface area contributed by atoms with Gasteiger partial charge in [-0.2, -0.15) is 5.26 Å². The normalized spacial score (nSPS) is 11.9. The summed E-state index contributed by atoms with van der Waals surface area (Å²) >= 11 is 5.84. The maximum Gasteiger partial charge on any atom is 0.122 e. The highest BCUT2D eigenvalue weighted by Crippen LogP contribution is 2.24. The number of methoxy groups -OCH3 is 1. The molecule has 0 aliphatic heterocycles. The van der Waals surface area contributed by atoms with Gasteiger partial charge in [0, 0.05) is 5.02 Å². The van der Waals surface area contributed by atoms with Crippen molar-refractivity contribution < 1.29 is 9.84 Å². The Morgan fingerprint density at radius 3 is 2.87 bits per heavy atom. The first-order chi connectivity index (χ1) is 7.21. The van der Waals surface area contributed by atoms with Crippen molar-refractivity contribution in [2.45, 2.75) is 6.42 Å². The molecule has 80 valence electrons. The largest absolute Gasteiger partial charge is 0.496 e. The number of ether oxygens (including phenoxy) is 1. The first-order valence-electron chi connectivity index (χ1n) is 4.54. The molecule has 0 saturated carbocycles. The Morgan fingerprint density at radius 2 is 2.33 bits per heavy atom. The monoisotopic (exact) mass is 225 g/mol. The summed E-state index contributed by atoms with van der Waals surface area (Å²) in [6.45, 7) is -0.161. The number of hydrogen-bond donors (Lipinski definition) is 1. The Kier molecular flexibility index (Phi) is 4.41. The van der Waals surface area contributed by atoms with Crippen LogP contribution in [0.4, 0.5) is 0 Å². The van der Waals surface area contributed by atoms with Crippen molar-refractivity contribution in [3.63, 3.8) is 0 Å². The zero-order chi connectivity index (χ0) is 11.3. The number of nitriles is 1. The van der Waals surface area contributed by atoms with Crippen LogP contribution in [-0.4, -0.2) is 18.8 Å². The van der Waals surface area contributed by atoms with E-state index in [9.17, 15) is 0 Å². The maximum absolute atomic E-state index is 8.92. The molecule has 1 unspecified atom stereocenters. The fraction of sp³-hybridized carbons (Fsp3) is 0.364. The Hall–Kier alpha value is -1.24. The third-order valence-electron chi connectivity index (χ3n) is 2.11. The van der Waals surface area contributed by atoms with E-state index in [-0.39, 0.29) is 6.61 Å². The molecule has 0 saturated heterocycles. The molecule has 0 bridgehead atoms. The number of halogens is 1. The third-order valence-corrected chi connectivity index (χ3v) is 2.35. The summed E-state index contributed by atoms with van der Waals surface area (Å²) < 4.78 is 5.14. The Bertz CT molecular complexity index is 373. The highest BCUT2D eigenvalue weighted by Gasteiger charge is 2.11. The molecule has 0 spiro atoms. The number of hydrogen-bond acceptors (Lipinski definition) is 3. The van der Waals surface area contributed by atoms with Crippen LogP contribution in [0.3, 0.4) is 0 Å². The molecule has 0 fully saturated rings. The fourth-order valence-electron chi connectivity index (χ4n) is 1.32. The summed E-state index contributed by atoms with van der Waals surface area (Å²) in [7, 11) is 1.56. The van der Waals surface area contributed by atoms with Crippen LogP contribution in [0, 0.1) is 17.2 Å². The lowest BCUT2D eigenvalue weighted by atomic mass is 10.0. The Labute approximate surface area is 93.9 Å². The highest BCUT2D eigenvalue weighted by atomic mass is 35.5. The molecule has 0 radical (unpaired) electrons. The summed E-state index contributed by atoms with van der Waals surface area (Å²) in [5.74, 6) is 0.269. The summed E-state index contributed by atoms with van der Waals surface area (Å²) in [5.41, 5.74) is 0.839. The average molecular weight is 226 g/mol. The van der Waals surface area contributed by atoms with Gasteiger partial charge in [-0.1, -0.05) is 11.6 Å². The van der Waals surface area contributed by atoms with Crippen LogP contribution in [0.2, 0.25) is 5.02 Å². The van der Waals surface area contributed by atoms with Crippen molar-refractivity contribution in [1.29, 1.82) is 5.26 Å². The quantitative estimate of drug-likeness (QED) is 0.853. The number of rotatable bonds is 4. The van der Waals surface area contributed by atoms with Gasteiger partial charge in [0.2, 0.25) is 0 Å². The summed E-state index contributed by atoms with van der Waals surface area (Å²) in [5, 5.41) is 18.3. The SMILES string of the molecule is COc1ccc(Cl)cc1CC(C#N)CO. The zero-order valence-electron chi connectivity index (χ0n) is 8.40. The summed E-state index contributed by atoms with van der Waals surface area (Å²) in [4.78, 5) is 0. The summed E-state index contributed by atoms with van der Waals surface area (Å²) in [6, 6.07) is 7.25. The molecule has 1 N–H and O–H groups in total. The average Bonchev–Trinajstić information content (AvgIpc) is 2.26. The van der Waals surface area contributed by atoms with Crippen molar-refractivity contribution >= 4 is 11.6 Å². The minimum absolute atomic E-state index is 0.161. The predicted octanol–water partition coefficient (Wildman–Crippen LogP) is 2.02. The van der Waals surface area contributed by atoms with Gasteiger partial charge in [0.05, 0.1) is 25.7 Å². The second kappa shape index (κ2) is 5.59. The molecule has 3 nitrogen and oxygen atoms in total. The van der Waals surface area contributed by atoms with Crippen molar-refractivity contribution in [2.24, 2.45) is 5.92 Å². The van der Waals surface area contributed by atoms with E-state index in [0.717, 1.165) is 5.56 Å². The van der Waals surface area contributed by atoms with Crippen molar-refractivity contribution in [3.8, 4) is 11.8 Å². The molecule has 0 aromatic heterocycles. The van der Waals surface area contributed by atoms with Gasteiger partial charge >= 0.3 is 0 Å². The van der Waals surface area contributed by atoms with E-state index in [2.05, 4.69) is 0 Å². The molecule has 15 heavy (non-hydrogen) atoms. The van der Waals surface area contributed by atoms with E-state index in [1.54, 1.807) is 25.3 Å². The molecular formula is C11H12ClNO2. The van der Waals surface area contributed by atoms with E-state index < -0.39 is 5.92 Å². The van der Waals surface area contributed by atoms with Gasteiger partial charge in [0.1, 0.15) is 5.75 Å². The Balaban J connectivity index is 2.92. The van der Waals surface area contributed by atoms with Crippen LogP contribution in [0.1, 0.15) is 5.56 Å². The van der Waals surface area contributed by atoms with Crippen LogP contribution in [-0.2, 0) is 6.42 Å². The van der Waals surface area contributed by atoms with Gasteiger partial charge in [0.15, 0.2) is 0 Å². The van der Waals surface area contributed by atoms with Gasteiger partial charge in [0.25, 0.3) is 0 Å². The number of benzene rings is 1. The van der Waals surface area contributed by atoms with Crippen molar-refractivity contribution in [3.05, 3.63) is 28.8 Å². The lowest BCUT2D eigenvalue weighted by Crippen LogP contribution is -2.07. The molecular weight excluding hydrogens is 214 g/mol. The van der Waals surface area contributed by atoms with Crippen molar-refractivity contribution in [1.82, 2.24) is 0 Å². The van der Waals surface area contributed by atoms with Gasteiger partial charge in [-0.15, -0.1) is 0 Å². The lowest BCUT2D eigenvalue weighted by molar-refractivity contribution is 0.254. The fourth-order valence-corrected chi connectivity index (χ4v) is 1.52. The van der Waals surface area contributed by atoms with E-state index in [1.807, 2.05) is 6.07 Å². The number of aliphatic hydroxyl groups is 1. The van der Waals surface area contributed by atoms with Gasteiger partial charge in [-0.3, -0.25) is 0 Å². The molecule has 0 amide bonds. The molecule has 1 aromatic rings.